The number of carbonyl (C=O) groups is 1. The maximum atomic E-state index is 13.0. The summed E-state index contributed by atoms with van der Waals surface area (Å²) in [5.74, 6) is 0.151. The molecule has 5 heteroatoms. The lowest BCUT2D eigenvalue weighted by atomic mass is 9.86. The second-order valence-electron chi connectivity index (χ2n) is 6.48. The fraction of sp³-hybridized carbons (Fsp3) is 0.316. The molecule has 0 fully saturated rings. The number of halogens is 1. The molecule has 24 heavy (non-hydrogen) atoms. The van der Waals surface area contributed by atoms with Gasteiger partial charge < -0.3 is 15.2 Å². The first-order valence-corrected chi connectivity index (χ1v) is 7.86. The maximum Gasteiger partial charge on any atom is 0.176 e. The Hall–Kier alpha value is -2.24. The molecule has 2 atom stereocenters. The summed E-state index contributed by atoms with van der Waals surface area (Å²) >= 11 is 0. The molecule has 0 radical (unpaired) electrons. The Kier molecular flexibility index (Phi) is 4.39. The Balaban J connectivity index is 1.78. The van der Waals surface area contributed by atoms with Gasteiger partial charge in [0, 0.05) is 11.1 Å². The zero-order valence-electron chi connectivity index (χ0n) is 13.6. The number of Topliss-reactive ketones (excluding diaryl/α,β-unsaturated/α-hetero) is 1. The van der Waals surface area contributed by atoms with Gasteiger partial charge in [0.2, 0.25) is 0 Å². The van der Waals surface area contributed by atoms with Gasteiger partial charge >= 0.3 is 0 Å². The first kappa shape index (κ1) is 16.6. The minimum absolute atomic E-state index is 0.0395. The Morgan fingerprint density at radius 1 is 1.21 bits per heavy atom. The SMILES string of the molecule is CC1(C)Oc2ccccc2[C@@H](NCC(=O)c2ccc(F)cc2)[C@@H]1O. The summed E-state index contributed by atoms with van der Waals surface area (Å²) in [6.07, 6.45) is -0.812. The number of ketones is 1. The lowest BCUT2D eigenvalue weighted by molar-refractivity contribution is -0.0640. The summed E-state index contributed by atoms with van der Waals surface area (Å²) in [6, 6.07) is 12.5. The predicted octanol–water partition coefficient (Wildman–Crippen LogP) is 2.87. The average Bonchev–Trinajstić information content (AvgIpc) is 2.55. The molecule has 0 bridgehead atoms. The van der Waals surface area contributed by atoms with Gasteiger partial charge in [-0.2, -0.15) is 0 Å². The highest BCUT2D eigenvalue weighted by Crippen LogP contribution is 2.39. The van der Waals surface area contributed by atoms with Crippen molar-refractivity contribution in [3.05, 3.63) is 65.5 Å². The van der Waals surface area contributed by atoms with Crippen LogP contribution in [0.5, 0.6) is 5.75 Å². The van der Waals surface area contributed by atoms with Crippen molar-refractivity contribution in [2.24, 2.45) is 0 Å². The Morgan fingerprint density at radius 2 is 1.88 bits per heavy atom. The summed E-state index contributed by atoms with van der Waals surface area (Å²) < 4.78 is 18.8. The number of rotatable bonds is 4. The molecular weight excluding hydrogens is 309 g/mol. The van der Waals surface area contributed by atoms with E-state index in [4.69, 9.17) is 4.74 Å². The number of aliphatic hydroxyl groups excluding tert-OH is 1. The van der Waals surface area contributed by atoms with Crippen LogP contribution in [-0.2, 0) is 0 Å². The zero-order chi connectivity index (χ0) is 17.3. The fourth-order valence-electron chi connectivity index (χ4n) is 2.91. The van der Waals surface area contributed by atoms with E-state index < -0.39 is 17.7 Å². The number of para-hydroxylation sites is 1. The Morgan fingerprint density at radius 3 is 2.58 bits per heavy atom. The second kappa shape index (κ2) is 6.34. The standard InChI is InChI=1S/C19H20FNO3/c1-19(2)18(23)17(14-5-3-4-6-16(14)24-19)21-11-15(22)12-7-9-13(20)10-8-12/h3-10,17-18,21,23H,11H2,1-2H3/t17-,18+/m1/s1. The van der Waals surface area contributed by atoms with E-state index in [-0.39, 0.29) is 18.1 Å². The third-order valence-electron chi connectivity index (χ3n) is 4.30. The predicted molar refractivity (Wildman–Crippen MR) is 88.6 cm³/mol. The largest absolute Gasteiger partial charge is 0.485 e. The van der Waals surface area contributed by atoms with Crippen molar-refractivity contribution in [1.29, 1.82) is 0 Å². The molecular formula is C19H20FNO3. The number of benzene rings is 2. The molecule has 3 rings (SSSR count). The van der Waals surface area contributed by atoms with E-state index in [2.05, 4.69) is 5.32 Å². The van der Waals surface area contributed by atoms with Crippen molar-refractivity contribution in [2.75, 3.05) is 6.54 Å². The minimum Gasteiger partial charge on any atom is -0.485 e. The summed E-state index contributed by atoms with van der Waals surface area (Å²) in [7, 11) is 0. The Labute approximate surface area is 140 Å². The van der Waals surface area contributed by atoms with Gasteiger partial charge in [-0.15, -0.1) is 0 Å². The van der Waals surface area contributed by atoms with Crippen molar-refractivity contribution in [3.8, 4) is 5.75 Å². The van der Waals surface area contributed by atoms with Crippen LogP contribution < -0.4 is 10.1 Å². The molecule has 0 spiro atoms. The van der Waals surface area contributed by atoms with Crippen LogP contribution in [0.15, 0.2) is 48.5 Å². The third-order valence-corrected chi connectivity index (χ3v) is 4.30. The number of hydrogen-bond acceptors (Lipinski definition) is 4. The first-order valence-electron chi connectivity index (χ1n) is 7.86. The van der Waals surface area contributed by atoms with Crippen LogP contribution in [-0.4, -0.2) is 29.1 Å². The first-order chi connectivity index (χ1) is 11.4. The van der Waals surface area contributed by atoms with Crippen LogP contribution >= 0.6 is 0 Å². The monoisotopic (exact) mass is 329 g/mol. The second-order valence-corrected chi connectivity index (χ2v) is 6.48. The molecule has 0 aromatic heterocycles. The van der Waals surface area contributed by atoms with Gasteiger partial charge in [-0.1, -0.05) is 18.2 Å². The van der Waals surface area contributed by atoms with Gasteiger partial charge in [0.15, 0.2) is 5.78 Å². The highest BCUT2D eigenvalue weighted by atomic mass is 19.1. The summed E-state index contributed by atoms with van der Waals surface area (Å²) in [5.41, 5.74) is 0.472. The molecule has 0 saturated carbocycles. The maximum absolute atomic E-state index is 13.0. The highest BCUT2D eigenvalue weighted by Gasteiger charge is 2.42. The van der Waals surface area contributed by atoms with E-state index in [1.807, 2.05) is 38.1 Å². The smallest absolute Gasteiger partial charge is 0.176 e. The summed E-state index contributed by atoms with van der Waals surface area (Å²) in [6.45, 7) is 3.66. The molecule has 1 aliphatic heterocycles. The molecule has 126 valence electrons. The van der Waals surface area contributed by atoms with Crippen molar-refractivity contribution in [3.63, 3.8) is 0 Å². The van der Waals surface area contributed by atoms with E-state index in [1.165, 1.54) is 24.3 Å². The van der Waals surface area contributed by atoms with Crippen molar-refractivity contribution >= 4 is 5.78 Å². The molecule has 2 aromatic rings. The molecule has 2 N–H and O–H groups in total. The lowest BCUT2D eigenvalue weighted by Crippen LogP contribution is -2.53. The average molecular weight is 329 g/mol. The minimum atomic E-state index is -0.812. The third kappa shape index (κ3) is 3.18. The molecule has 1 heterocycles. The van der Waals surface area contributed by atoms with Gasteiger partial charge in [-0.05, 0) is 44.2 Å². The van der Waals surface area contributed by atoms with Gasteiger partial charge in [0.1, 0.15) is 23.3 Å². The molecule has 0 aliphatic carbocycles. The van der Waals surface area contributed by atoms with Gasteiger partial charge in [-0.3, -0.25) is 4.79 Å². The molecule has 4 nitrogen and oxygen atoms in total. The van der Waals surface area contributed by atoms with E-state index in [0.29, 0.717) is 11.3 Å². The lowest BCUT2D eigenvalue weighted by Gasteiger charge is -2.42. The molecule has 2 aromatic carbocycles. The number of ether oxygens (including phenoxy) is 1. The topological polar surface area (TPSA) is 58.6 Å². The molecule has 0 amide bonds. The number of fused-ring (bicyclic) bond motifs is 1. The number of nitrogens with one attached hydrogen (secondary N) is 1. The van der Waals surface area contributed by atoms with Crippen molar-refractivity contribution < 1.29 is 19.0 Å². The van der Waals surface area contributed by atoms with E-state index in [1.54, 1.807) is 0 Å². The fourth-order valence-corrected chi connectivity index (χ4v) is 2.91. The van der Waals surface area contributed by atoms with E-state index in [0.717, 1.165) is 5.56 Å². The van der Waals surface area contributed by atoms with Crippen LogP contribution in [0.1, 0.15) is 35.8 Å². The van der Waals surface area contributed by atoms with Crippen LogP contribution in [0.4, 0.5) is 4.39 Å². The zero-order valence-corrected chi connectivity index (χ0v) is 13.6. The highest BCUT2D eigenvalue weighted by molar-refractivity contribution is 5.97. The van der Waals surface area contributed by atoms with E-state index >= 15 is 0 Å². The summed E-state index contributed by atoms with van der Waals surface area (Å²) in [4.78, 5) is 12.3. The Bertz CT molecular complexity index is 743. The van der Waals surface area contributed by atoms with Crippen LogP contribution in [0, 0.1) is 5.82 Å². The molecule has 0 unspecified atom stereocenters. The van der Waals surface area contributed by atoms with Crippen LogP contribution in [0.3, 0.4) is 0 Å². The summed E-state index contributed by atoms with van der Waals surface area (Å²) in [5, 5.41) is 13.7. The van der Waals surface area contributed by atoms with E-state index in [9.17, 15) is 14.3 Å². The van der Waals surface area contributed by atoms with Crippen LogP contribution in [0.25, 0.3) is 0 Å². The van der Waals surface area contributed by atoms with Crippen molar-refractivity contribution in [2.45, 2.75) is 31.6 Å². The molecule has 0 saturated heterocycles. The normalized spacial score (nSPS) is 21.7. The number of hydrogen-bond donors (Lipinski definition) is 2. The number of aliphatic hydroxyl groups is 1. The van der Waals surface area contributed by atoms with Gasteiger partial charge in [0.25, 0.3) is 0 Å². The molecule has 1 aliphatic rings. The quantitative estimate of drug-likeness (QED) is 0.847. The van der Waals surface area contributed by atoms with Gasteiger partial charge in [0.05, 0.1) is 12.6 Å². The number of carbonyl (C=O) groups excluding carboxylic acids is 1. The van der Waals surface area contributed by atoms with Gasteiger partial charge in [-0.25, -0.2) is 4.39 Å². The van der Waals surface area contributed by atoms with Crippen LogP contribution in [0.2, 0.25) is 0 Å². The van der Waals surface area contributed by atoms with Crippen molar-refractivity contribution in [1.82, 2.24) is 5.32 Å².